The van der Waals surface area contributed by atoms with Gasteiger partial charge in [-0.1, -0.05) is 66.2 Å². The van der Waals surface area contributed by atoms with Crippen molar-refractivity contribution in [3.05, 3.63) is 101 Å². The third kappa shape index (κ3) is 5.09. The van der Waals surface area contributed by atoms with Crippen LogP contribution in [0.5, 0.6) is 0 Å². The number of ether oxygens (including phenoxy) is 1. The number of hydrogen-bond acceptors (Lipinski definition) is 4. The Balaban J connectivity index is 1.87. The zero-order valence-electron chi connectivity index (χ0n) is 15.6. The lowest BCUT2D eigenvalue weighted by Crippen LogP contribution is -2.26. The van der Waals surface area contributed by atoms with Gasteiger partial charge in [0.15, 0.2) is 5.78 Å². The second-order valence-electron chi connectivity index (χ2n) is 6.30. The molecule has 5 nitrogen and oxygen atoms in total. The van der Waals surface area contributed by atoms with Crippen molar-refractivity contribution in [2.45, 2.75) is 13.0 Å². The van der Waals surface area contributed by atoms with Crippen LogP contribution in [-0.4, -0.2) is 17.7 Å². The number of carbonyl (C=O) groups excluding carboxylic acids is 3. The molecule has 1 amide bonds. The van der Waals surface area contributed by atoms with Crippen LogP contribution in [0.2, 0.25) is 5.02 Å². The smallest absolute Gasteiger partial charge is 0.340 e. The summed E-state index contributed by atoms with van der Waals surface area (Å²) in [6.45, 7) is 1.44. The molecule has 0 radical (unpaired) electrons. The fourth-order valence-corrected chi connectivity index (χ4v) is 2.93. The Hall–Kier alpha value is -3.44. The van der Waals surface area contributed by atoms with Gasteiger partial charge in [0, 0.05) is 16.8 Å². The molecule has 0 unspecified atom stereocenters. The Bertz CT molecular complexity index is 1050. The largest absolute Gasteiger partial charge is 0.444 e. The van der Waals surface area contributed by atoms with Gasteiger partial charge in [-0.2, -0.15) is 0 Å². The van der Waals surface area contributed by atoms with E-state index in [1.165, 1.54) is 13.0 Å². The molecule has 0 fully saturated rings. The molecule has 0 spiro atoms. The average Bonchev–Trinajstić information content (AvgIpc) is 2.73. The first kappa shape index (κ1) is 20.3. The molecule has 0 aliphatic carbocycles. The van der Waals surface area contributed by atoms with Gasteiger partial charge >= 0.3 is 5.97 Å². The number of rotatable bonds is 6. The zero-order chi connectivity index (χ0) is 20.8. The van der Waals surface area contributed by atoms with Gasteiger partial charge in [-0.25, -0.2) is 4.79 Å². The van der Waals surface area contributed by atoms with E-state index in [2.05, 4.69) is 5.32 Å². The van der Waals surface area contributed by atoms with Crippen LogP contribution < -0.4 is 5.32 Å². The Morgan fingerprint density at radius 2 is 1.59 bits per heavy atom. The number of benzene rings is 3. The number of halogens is 1. The molecule has 29 heavy (non-hydrogen) atoms. The lowest BCUT2D eigenvalue weighted by Gasteiger charge is -2.18. The summed E-state index contributed by atoms with van der Waals surface area (Å²) in [6, 6.07) is 21.7. The molecule has 3 aromatic rings. The van der Waals surface area contributed by atoms with E-state index < -0.39 is 18.0 Å². The standard InChI is InChI=1S/C23H18ClNO4/c1-15(26)17-10-7-11-18(14-17)25-22(27)21(16-8-3-2-4-9-16)29-23(28)19-12-5-6-13-20(19)24/h2-14,21H,1H3,(H,25,27)/t21-/m1/s1. The van der Waals surface area contributed by atoms with E-state index in [0.717, 1.165) is 0 Å². The molecule has 1 N–H and O–H groups in total. The summed E-state index contributed by atoms with van der Waals surface area (Å²) < 4.78 is 5.51. The maximum Gasteiger partial charge on any atom is 0.340 e. The normalized spacial score (nSPS) is 11.4. The number of anilines is 1. The molecule has 146 valence electrons. The fourth-order valence-electron chi connectivity index (χ4n) is 2.72. The van der Waals surface area contributed by atoms with Crippen LogP contribution in [0.15, 0.2) is 78.9 Å². The molecule has 0 saturated carbocycles. The Labute approximate surface area is 173 Å². The summed E-state index contributed by atoms with van der Waals surface area (Å²) in [5.41, 5.74) is 1.57. The number of Topliss-reactive ketones (excluding diaryl/α,β-unsaturated/α-hetero) is 1. The summed E-state index contributed by atoms with van der Waals surface area (Å²) in [6.07, 6.45) is -1.19. The molecule has 6 heteroatoms. The Kier molecular flexibility index (Phi) is 6.42. The van der Waals surface area contributed by atoms with Gasteiger partial charge in [0.25, 0.3) is 5.91 Å². The minimum absolute atomic E-state index is 0.120. The number of ketones is 1. The van der Waals surface area contributed by atoms with Crippen molar-refractivity contribution < 1.29 is 19.1 Å². The minimum Gasteiger partial charge on any atom is -0.444 e. The molecule has 0 aliphatic heterocycles. The van der Waals surface area contributed by atoms with Crippen molar-refractivity contribution in [1.82, 2.24) is 0 Å². The number of hydrogen-bond donors (Lipinski definition) is 1. The molecular formula is C23H18ClNO4. The van der Waals surface area contributed by atoms with E-state index in [-0.39, 0.29) is 16.4 Å². The van der Waals surface area contributed by atoms with Gasteiger partial charge in [0.1, 0.15) is 0 Å². The quantitative estimate of drug-likeness (QED) is 0.457. The van der Waals surface area contributed by atoms with Crippen LogP contribution in [0.4, 0.5) is 5.69 Å². The van der Waals surface area contributed by atoms with Crippen LogP contribution >= 0.6 is 11.6 Å². The summed E-state index contributed by atoms with van der Waals surface area (Å²) in [4.78, 5) is 37.1. The van der Waals surface area contributed by atoms with Crippen LogP contribution in [-0.2, 0) is 9.53 Å². The summed E-state index contributed by atoms with van der Waals surface area (Å²) in [7, 11) is 0. The van der Waals surface area contributed by atoms with Gasteiger partial charge in [-0.15, -0.1) is 0 Å². The average molecular weight is 408 g/mol. The maximum atomic E-state index is 12.9. The molecule has 3 rings (SSSR count). The van der Waals surface area contributed by atoms with Gasteiger partial charge in [0.2, 0.25) is 6.10 Å². The SMILES string of the molecule is CC(=O)c1cccc(NC(=O)[C@H](OC(=O)c2ccccc2Cl)c2ccccc2)c1. The third-order valence-electron chi connectivity index (χ3n) is 4.20. The molecule has 3 aromatic carbocycles. The predicted molar refractivity (Wildman–Crippen MR) is 111 cm³/mol. The number of carbonyl (C=O) groups is 3. The van der Waals surface area contributed by atoms with Gasteiger partial charge < -0.3 is 10.1 Å². The topological polar surface area (TPSA) is 72.5 Å². The van der Waals surface area contributed by atoms with Crippen LogP contribution in [0.3, 0.4) is 0 Å². The van der Waals surface area contributed by atoms with Crippen LogP contribution in [0, 0.1) is 0 Å². The molecule has 0 saturated heterocycles. The molecule has 0 aliphatic rings. The highest BCUT2D eigenvalue weighted by molar-refractivity contribution is 6.33. The van der Waals surface area contributed by atoms with E-state index in [9.17, 15) is 14.4 Å². The Morgan fingerprint density at radius 1 is 0.897 bits per heavy atom. The second kappa shape index (κ2) is 9.17. The molecule has 1 atom stereocenters. The van der Waals surface area contributed by atoms with E-state index in [1.54, 1.807) is 72.8 Å². The molecule has 0 heterocycles. The maximum absolute atomic E-state index is 12.9. The zero-order valence-corrected chi connectivity index (χ0v) is 16.3. The third-order valence-corrected chi connectivity index (χ3v) is 4.53. The van der Waals surface area contributed by atoms with Crippen LogP contribution in [0.25, 0.3) is 0 Å². The van der Waals surface area contributed by atoms with E-state index in [1.807, 2.05) is 0 Å². The van der Waals surface area contributed by atoms with Crippen molar-refractivity contribution >= 4 is 34.9 Å². The Morgan fingerprint density at radius 3 is 2.28 bits per heavy atom. The fraction of sp³-hybridized carbons (Fsp3) is 0.0870. The molecule has 0 bridgehead atoms. The first-order valence-corrected chi connectivity index (χ1v) is 9.26. The van der Waals surface area contributed by atoms with Crippen molar-refractivity contribution in [3.8, 4) is 0 Å². The van der Waals surface area contributed by atoms with Crippen LogP contribution in [0.1, 0.15) is 39.3 Å². The number of esters is 1. The second-order valence-corrected chi connectivity index (χ2v) is 6.71. The first-order chi connectivity index (χ1) is 14.0. The van der Waals surface area contributed by atoms with Crippen molar-refractivity contribution in [3.63, 3.8) is 0 Å². The van der Waals surface area contributed by atoms with E-state index in [0.29, 0.717) is 16.8 Å². The van der Waals surface area contributed by atoms with Crippen molar-refractivity contribution in [1.29, 1.82) is 0 Å². The highest BCUT2D eigenvalue weighted by Crippen LogP contribution is 2.24. The molecule has 0 aromatic heterocycles. The lowest BCUT2D eigenvalue weighted by molar-refractivity contribution is -0.125. The van der Waals surface area contributed by atoms with Gasteiger partial charge in [-0.05, 0) is 31.2 Å². The van der Waals surface area contributed by atoms with Crippen molar-refractivity contribution in [2.24, 2.45) is 0 Å². The highest BCUT2D eigenvalue weighted by Gasteiger charge is 2.26. The van der Waals surface area contributed by atoms with Crippen molar-refractivity contribution in [2.75, 3.05) is 5.32 Å². The summed E-state index contributed by atoms with van der Waals surface area (Å²) in [5, 5.41) is 2.94. The lowest BCUT2D eigenvalue weighted by atomic mass is 10.1. The van der Waals surface area contributed by atoms with E-state index in [4.69, 9.17) is 16.3 Å². The summed E-state index contributed by atoms with van der Waals surface area (Å²) in [5.74, 6) is -1.37. The predicted octanol–water partition coefficient (Wildman–Crippen LogP) is 5.08. The van der Waals surface area contributed by atoms with Gasteiger partial charge in [-0.3, -0.25) is 9.59 Å². The first-order valence-electron chi connectivity index (χ1n) is 8.88. The summed E-state index contributed by atoms with van der Waals surface area (Å²) >= 11 is 6.07. The molecular weight excluding hydrogens is 390 g/mol. The van der Waals surface area contributed by atoms with Gasteiger partial charge in [0.05, 0.1) is 10.6 Å². The number of amides is 1. The minimum atomic E-state index is -1.19. The highest BCUT2D eigenvalue weighted by atomic mass is 35.5. The monoisotopic (exact) mass is 407 g/mol. The van der Waals surface area contributed by atoms with E-state index >= 15 is 0 Å². The number of nitrogens with one attached hydrogen (secondary N) is 1.